The van der Waals surface area contributed by atoms with Gasteiger partial charge in [0.05, 0.1) is 0 Å². The van der Waals surface area contributed by atoms with E-state index in [1.165, 1.54) is 324 Å². The van der Waals surface area contributed by atoms with E-state index >= 15 is 0 Å². The van der Waals surface area contributed by atoms with Crippen LogP contribution in [0.3, 0.4) is 0 Å². The summed E-state index contributed by atoms with van der Waals surface area (Å²) >= 11 is 8.32. The molecule has 0 atom stereocenters. The van der Waals surface area contributed by atoms with Crippen LogP contribution in [0.25, 0.3) is 41.8 Å². The third-order valence-electron chi connectivity index (χ3n) is 16.0. The number of benzene rings is 1. The second kappa shape index (κ2) is 41.1. The Balaban J connectivity index is 1.34. The van der Waals surface area contributed by atoms with Crippen molar-refractivity contribution < 1.29 is 0 Å². The van der Waals surface area contributed by atoms with Crippen molar-refractivity contribution in [3.8, 4) is 41.8 Å². The van der Waals surface area contributed by atoms with Gasteiger partial charge in [-0.05, 0) is 112 Å². The molecule has 0 fully saturated rings. The first kappa shape index (κ1) is 62.9. The maximum Gasteiger partial charge on any atom is 0.0352 e. The van der Waals surface area contributed by atoms with Crippen molar-refractivity contribution in [2.45, 2.75) is 310 Å². The lowest BCUT2D eigenvalue weighted by molar-refractivity contribution is 0.557. The molecule has 414 valence electrons. The highest BCUT2D eigenvalue weighted by Gasteiger charge is 2.21. The van der Waals surface area contributed by atoms with Crippen LogP contribution in [0.1, 0.15) is 304 Å². The predicted octanol–water partition coefficient (Wildman–Crippen LogP) is 26.5. The molecule has 74 heavy (non-hydrogen) atoms. The molecule has 0 aliphatic heterocycles. The van der Waals surface area contributed by atoms with Gasteiger partial charge in [-0.25, -0.2) is 0 Å². The lowest BCUT2D eigenvalue weighted by atomic mass is 9.94. The molecular formula is C70H110S4. The van der Waals surface area contributed by atoms with E-state index in [4.69, 9.17) is 0 Å². The van der Waals surface area contributed by atoms with E-state index in [9.17, 15) is 0 Å². The molecule has 0 radical (unpaired) electrons. The van der Waals surface area contributed by atoms with E-state index in [0.29, 0.717) is 0 Å². The molecule has 0 spiro atoms. The predicted molar refractivity (Wildman–Crippen MR) is 342 cm³/mol. The van der Waals surface area contributed by atoms with Crippen molar-refractivity contribution in [3.63, 3.8) is 0 Å². The number of hydrogen-bond acceptors (Lipinski definition) is 4. The van der Waals surface area contributed by atoms with E-state index in [2.05, 4.69) is 134 Å². The number of hydrogen-bond donors (Lipinski definition) is 0. The monoisotopic (exact) mass is 1080 g/mol. The molecule has 4 heterocycles. The second-order valence-corrected chi connectivity index (χ2v) is 27.4. The fraction of sp³-hybridized carbons (Fsp3) is 0.686. The summed E-state index contributed by atoms with van der Waals surface area (Å²) in [5.41, 5.74) is 5.79. The normalized spacial score (nSPS) is 11.7. The summed E-state index contributed by atoms with van der Waals surface area (Å²) in [4.78, 5) is 12.1. The van der Waals surface area contributed by atoms with E-state index in [1.54, 1.807) is 19.5 Å². The summed E-state index contributed by atoms with van der Waals surface area (Å²) in [6.45, 7) is 9.28. The van der Waals surface area contributed by atoms with Gasteiger partial charge in [-0.2, -0.15) is 0 Å². The molecule has 0 N–H and O–H groups in total. The van der Waals surface area contributed by atoms with Gasteiger partial charge in [0.25, 0.3) is 0 Å². The standard InChI is InChI=1S/C70H110S4/c1-5-9-13-17-21-25-29-33-37-41-45-59-49-53-67(71-59)63-57-65(69-55-51-61(73-69)47-43-39-35-31-27-23-19-15-11-7-3)66(70-56-52-62(74-70)48-44-40-36-32-28-24-20-16-12-8-4)58-64(63)68-54-50-60(72-68)46-42-38-34-30-26-22-18-14-10-6-2/h49-58H,5-48H2,1-4H3. The molecule has 0 aliphatic carbocycles. The average molecular weight is 1080 g/mol. The summed E-state index contributed by atoms with van der Waals surface area (Å²) in [6.07, 6.45) is 60.7. The third kappa shape index (κ3) is 25.7. The highest BCUT2D eigenvalue weighted by molar-refractivity contribution is 7.17. The molecular weight excluding hydrogens is 969 g/mol. The largest absolute Gasteiger partial charge is 0.140 e. The van der Waals surface area contributed by atoms with Crippen LogP contribution in [0.15, 0.2) is 60.7 Å². The topological polar surface area (TPSA) is 0 Å². The Bertz CT molecular complexity index is 1790. The smallest absolute Gasteiger partial charge is 0.0352 e. The minimum Gasteiger partial charge on any atom is -0.140 e. The molecule has 5 rings (SSSR count). The van der Waals surface area contributed by atoms with Gasteiger partial charge < -0.3 is 0 Å². The lowest BCUT2D eigenvalue weighted by Gasteiger charge is -2.15. The summed E-state index contributed by atoms with van der Waals surface area (Å²) < 4.78 is 0. The molecule has 0 nitrogen and oxygen atoms in total. The van der Waals surface area contributed by atoms with E-state index < -0.39 is 0 Å². The maximum atomic E-state index is 2.65. The summed E-state index contributed by atoms with van der Waals surface area (Å²) in [5.74, 6) is 0. The number of rotatable bonds is 48. The van der Waals surface area contributed by atoms with Crippen LogP contribution >= 0.6 is 45.3 Å². The fourth-order valence-electron chi connectivity index (χ4n) is 11.2. The first-order chi connectivity index (χ1) is 36.6. The van der Waals surface area contributed by atoms with Crippen LogP contribution < -0.4 is 0 Å². The Morgan fingerprint density at radius 2 is 0.365 bits per heavy atom. The Morgan fingerprint density at radius 3 is 0.541 bits per heavy atom. The van der Waals surface area contributed by atoms with Gasteiger partial charge in [0.15, 0.2) is 0 Å². The van der Waals surface area contributed by atoms with Crippen LogP contribution in [0.2, 0.25) is 0 Å². The van der Waals surface area contributed by atoms with Crippen molar-refractivity contribution in [2.24, 2.45) is 0 Å². The molecule has 4 aromatic heterocycles. The van der Waals surface area contributed by atoms with E-state index in [-0.39, 0.29) is 0 Å². The van der Waals surface area contributed by atoms with Crippen molar-refractivity contribution in [1.29, 1.82) is 0 Å². The molecule has 0 saturated heterocycles. The Hall–Kier alpha value is -1.98. The molecule has 0 amide bonds. The second-order valence-electron chi connectivity index (χ2n) is 22.7. The van der Waals surface area contributed by atoms with Crippen LogP contribution in [0, 0.1) is 0 Å². The number of thiophene rings is 4. The Kier molecular flexibility index (Phi) is 34.9. The molecule has 1 aromatic carbocycles. The quantitative estimate of drug-likeness (QED) is 0.0341. The fourth-order valence-corrected chi connectivity index (χ4v) is 15.5. The van der Waals surface area contributed by atoms with Gasteiger partial charge in [0, 0.05) is 61.3 Å². The Labute approximate surface area is 474 Å². The van der Waals surface area contributed by atoms with Gasteiger partial charge in [0.1, 0.15) is 0 Å². The van der Waals surface area contributed by atoms with Gasteiger partial charge in [-0.1, -0.05) is 259 Å². The first-order valence-corrected chi connectivity index (χ1v) is 35.4. The molecule has 0 unspecified atom stereocenters. The highest BCUT2D eigenvalue weighted by atomic mass is 32.1. The van der Waals surface area contributed by atoms with Crippen molar-refractivity contribution >= 4 is 45.3 Å². The van der Waals surface area contributed by atoms with Crippen LogP contribution in [-0.2, 0) is 25.7 Å². The van der Waals surface area contributed by atoms with Gasteiger partial charge in [-0.15, -0.1) is 45.3 Å². The van der Waals surface area contributed by atoms with E-state index in [0.717, 1.165) is 0 Å². The third-order valence-corrected chi connectivity index (χ3v) is 20.7. The minimum absolute atomic E-state index is 1.22. The highest BCUT2D eigenvalue weighted by Crippen LogP contribution is 2.48. The zero-order chi connectivity index (χ0) is 51.9. The Morgan fingerprint density at radius 1 is 0.203 bits per heavy atom. The van der Waals surface area contributed by atoms with Gasteiger partial charge >= 0.3 is 0 Å². The number of unbranched alkanes of at least 4 members (excludes halogenated alkanes) is 36. The maximum absolute atomic E-state index is 2.65. The zero-order valence-electron chi connectivity index (χ0n) is 48.5. The van der Waals surface area contributed by atoms with Crippen LogP contribution in [0.4, 0.5) is 0 Å². The average Bonchev–Trinajstić information content (AvgIpc) is 4.28. The van der Waals surface area contributed by atoms with Gasteiger partial charge in [-0.3, -0.25) is 0 Å². The molecule has 0 saturated carbocycles. The summed E-state index contributed by atoms with van der Waals surface area (Å²) in [5, 5.41) is 0. The molecule has 5 aromatic rings. The zero-order valence-corrected chi connectivity index (χ0v) is 51.8. The lowest BCUT2D eigenvalue weighted by Crippen LogP contribution is -1.88. The van der Waals surface area contributed by atoms with Crippen LogP contribution in [0.5, 0.6) is 0 Å². The first-order valence-electron chi connectivity index (χ1n) is 32.2. The number of aryl methyl sites for hydroxylation is 4. The van der Waals surface area contributed by atoms with Crippen LogP contribution in [-0.4, -0.2) is 0 Å². The molecule has 4 heteroatoms. The van der Waals surface area contributed by atoms with Crippen molar-refractivity contribution in [1.82, 2.24) is 0 Å². The molecule has 0 aliphatic rings. The van der Waals surface area contributed by atoms with Crippen molar-refractivity contribution in [3.05, 3.63) is 80.2 Å². The van der Waals surface area contributed by atoms with Gasteiger partial charge in [0.2, 0.25) is 0 Å². The summed E-state index contributed by atoms with van der Waals surface area (Å²) in [7, 11) is 0. The SMILES string of the molecule is CCCCCCCCCCCCc1ccc(-c2cc(-c3ccc(CCCCCCCCCCCC)s3)c(-c3ccc(CCCCCCCCCCCC)s3)cc2-c2ccc(CCCCCCCCCCCC)s2)s1. The summed E-state index contributed by atoms with van der Waals surface area (Å²) in [6, 6.07) is 25.2. The minimum atomic E-state index is 1.22. The van der Waals surface area contributed by atoms with E-state index in [1.807, 2.05) is 0 Å². The van der Waals surface area contributed by atoms with Crippen molar-refractivity contribution in [2.75, 3.05) is 0 Å². The molecule has 0 bridgehead atoms.